The van der Waals surface area contributed by atoms with E-state index in [1.807, 2.05) is 24.3 Å². The first kappa shape index (κ1) is 17.4. The van der Waals surface area contributed by atoms with Crippen LogP contribution in [0.4, 0.5) is 0 Å². The summed E-state index contributed by atoms with van der Waals surface area (Å²) in [6.07, 6.45) is 7.84. The molecule has 1 fully saturated rings. The number of hydrogen-bond donors (Lipinski definition) is 0. The molecule has 164 valence electrons. The standard InChI is InChI=1S/C30H26ClNO/c1-19-9-5-6-12-21(19)26-17-28(32-18-27(26)31)25-16-8-15-24-23-14-7-13-22(29(23)33-30(24)25)20-10-3-2-4-11-20/h5-9,12-18,20H,2-4,10-11H2,1H3/i1D3. The van der Waals surface area contributed by atoms with Crippen LogP contribution >= 0.6 is 11.6 Å². The summed E-state index contributed by atoms with van der Waals surface area (Å²) in [5.41, 5.74) is 6.11. The van der Waals surface area contributed by atoms with Crippen LogP contribution in [-0.4, -0.2) is 4.98 Å². The number of aryl methyl sites for hydroxylation is 1. The Hall–Kier alpha value is -3.10. The van der Waals surface area contributed by atoms with Crippen molar-refractivity contribution in [2.24, 2.45) is 0 Å². The van der Waals surface area contributed by atoms with Gasteiger partial charge in [-0.2, -0.15) is 0 Å². The quantitative estimate of drug-likeness (QED) is 0.271. The average molecular weight is 455 g/mol. The molecule has 3 aromatic carbocycles. The largest absolute Gasteiger partial charge is 0.455 e. The monoisotopic (exact) mass is 454 g/mol. The molecule has 1 aliphatic carbocycles. The minimum absolute atomic E-state index is 0.267. The van der Waals surface area contributed by atoms with Crippen molar-refractivity contribution in [1.82, 2.24) is 4.98 Å². The molecule has 1 saturated carbocycles. The van der Waals surface area contributed by atoms with Gasteiger partial charge >= 0.3 is 0 Å². The maximum Gasteiger partial charge on any atom is 0.144 e. The van der Waals surface area contributed by atoms with Crippen LogP contribution in [0.25, 0.3) is 44.3 Å². The van der Waals surface area contributed by atoms with Gasteiger partial charge in [-0.1, -0.05) is 85.5 Å². The highest BCUT2D eigenvalue weighted by atomic mass is 35.5. The van der Waals surface area contributed by atoms with E-state index in [4.69, 9.17) is 20.1 Å². The molecule has 0 bridgehead atoms. The van der Waals surface area contributed by atoms with Gasteiger partial charge in [0.05, 0.1) is 10.7 Å². The maximum atomic E-state index is 7.99. The molecule has 0 saturated heterocycles. The number of pyridine rings is 1. The number of rotatable bonds is 3. The molecule has 0 unspecified atom stereocenters. The highest BCUT2D eigenvalue weighted by Gasteiger charge is 2.22. The number of fused-ring (bicyclic) bond motifs is 3. The molecular formula is C30H26ClNO. The topological polar surface area (TPSA) is 26.0 Å². The first-order valence-corrected chi connectivity index (χ1v) is 12.0. The van der Waals surface area contributed by atoms with E-state index in [0.717, 1.165) is 27.5 Å². The molecule has 0 radical (unpaired) electrons. The summed E-state index contributed by atoms with van der Waals surface area (Å²) in [5.74, 6) is 0.531. The Morgan fingerprint density at radius 2 is 1.61 bits per heavy atom. The third-order valence-corrected chi connectivity index (χ3v) is 7.25. The van der Waals surface area contributed by atoms with Gasteiger partial charge in [-0.25, -0.2) is 0 Å². The third kappa shape index (κ3) is 3.54. The van der Waals surface area contributed by atoms with E-state index in [0.29, 0.717) is 27.8 Å². The summed E-state index contributed by atoms with van der Waals surface area (Å²) < 4.78 is 30.6. The lowest BCUT2D eigenvalue weighted by Gasteiger charge is -2.21. The van der Waals surface area contributed by atoms with Gasteiger partial charge in [0.15, 0.2) is 0 Å². The summed E-state index contributed by atoms with van der Waals surface area (Å²) in [4.78, 5) is 4.63. The summed E-state index contributed by atoms with van der Waals surface area (Å²) in [6, 6.07) is 21.5. The van der Waals surface area contributed by atoms with Gasteiger partial charge in [0.1, 0.15) is 11.2 Å². The van der Waals surface area contributed by atoms with Crippen LogP contribution < -0.4 is 0 Å². The highest BCUT2D eigenvalue weighted by Crippen LogP contribution is 2.42. The molecule has 3 heteroatoms. The van der Waals surface area contributed by atoms with E-state index >= 15 is 0 Å². The van der Waals surface area contributed by atoms with Crippen LogP contribution in [-0.2, 0) is 0 Å². The first-order valence-electron chi connectivity index (χ1n) is 13.1. The molecule has 2 aromatic heterocycles. The molecule has 1 aliphatic rings. The van der Waals surface area contributed by atoms with E-state index in [9.17, 15) is 0 Å². The average Bonchev–Trinajstić information content (AvgIpc) is 3.28. The van der Waals surface area contributed by atoms with Gasteiger partial charge in [0.25, 0.3) is 0 Å². The van der Waals surface area contributed by atoms with Crippen molar-refractivity contribution >= 4 is 33.5 Å². The van der Waals surface area contributed by atoms with Crippen molar-refractivity contribution < 1.29 is 8.53 Å². The highest BCUT2D eigenvalue weighted by molar-refractivity contribution is 6.33. The summed E-state index contributed by atoms with van der Waals surface area (Å²) in [5, 5.41) is 2.59. The molecule has 0 amide bonds. The Kier molecular flexibility index (Phi) is 4.40. The maximum absolute atomic E-state index is 7.99. The summed E-state index contributed by atoms with van der Waals surface area (Å²) in [7, 11) is 0. The minimum Gasteiger partial charge on any atom is -0.455 e. The Morgan fingerprint density at radius 3 is 2.45 bits per heavy atom. The Bertz CT molecular complexity index is 1580. The number of benzene rings is 3. The Labute approximate surface area is 203 Å². The zero-order valence-corrected chi connectivity index (χ0v) is 19.0. The fraction of sp³-hybridized carbons (Fsp3) is 0.233. The second kappa shape index (κ2) is 8.35. The van der Waals surface area contributed by atoms with Crippen molar-refractivity contribution in [3.63, 3.8) is 0 Å². The molecule has 2 heterocycles. The molecule has 0 N–H and O–H groups in total. The predicted octanol–water partition coefficient (Wildman–Crippen LogP) is 9.32. The van der Waals surface area contributed by atoms with E-state index in [1.165, 1.54) is 37.7 Å². The lowest BCUT2D eigenvalue weighted by Crippen LogP contribution is -2.04. The van der Waals surface area contributed by atoms with E-state index < -0.39 is 6.85 Å². The van der Waals surface area contributed by atoms with Crippen molar-refractivity contribution in [2.45, 2.75) is 44.9 Å². The molecule has 0 atom stereocenters. The van der Waals surface area contributed by atoms with Gasteiger partial charge in [0.2, 0.25) is 0 Å². The lowest BCUT2D eigenvalue weighted by atomic mass is 9.83. The minimum atomic E-state index is -2.25. The second-order valence-electron chi connectivity index (χ2n) is 8.94. The fourth-order valence-electron chi connectivity index (χ4n) is 5.29. The molecule has 0 spiro atoms. The van der Waals surface area contributed by atoms with E-state index in [1.54, 1.807) is 24.4 Å². The first-order chi connectivity index (χ1) is 17.4. The van der Waals surface area contributed by atoms with Crippen molar-refractivity contribution in [3.8, 4) is 22.4 Å². The van der Waals surface area contributed by atoms with Gasteiger partial charge in [0, 0.05) is 32.2 Å². The Balaban J connectivity index is 1.53. The smallest absolute Gasteiger partial charge is 0.144 e. The number of hydrogen-bond acceptors (Lipinski definition) is 2. The third-order valence-electron chi connectivity index (χ3n) is 6.95. The van der Waals surface area contributed by atoms with Gasteiger partial charge in [-0.05, 0) is 54.4 Å². The predicted molar refractivity (Wildman–Crippen MR) is 138 cm³/mol. The molecule has 0 aliphatic heterocycles. The zero-order valence-electron chi connectivity index (χ0n) is 21.3. The summed E-state index contributed by atoms with van der Waals surface area (Å²) in [6.45, 7) is -2.25. The van der Waals surface area contributed by atoms with Gasteiger partial charge in [-0.3, -0.25) is 4.98 Å². The van der Waals surface area contributed by atoms with Crippen LogP contribution in [0.2, 0.25) is 5.02 Å². The van der Waals surface area contributed by atoms with Crippen LogP contribution in [0.15, 0.2) is 77.3 Å². The fourth-order valence-corrected chi connectivity index (χ4v) is 5.49. The number of furan rings is 1. The van der Waals surface area contributed by atoms with E-state index in [-0.39, 0.29) is 5.56 Å². The number of aromatic nitrogens is 1. The van der Waals surface area contributed by atoms with Crippen molar-refractivity contribution in [1.29, 1.82) is 0 Å². The van der Waals surface area contributed by atoms with Gasteiger partial charge < -0.3 is 4.42 Å². The van der Waals surface area contributed by atoms with E-state index in [2.05, 4.69) is 29.2 Å². The van der Waals surface area contributed by atoms with Crippen LogP contribution in [0.1, 0.15) is 53.3 Å². The normalized spacial score (nSPS) is 16.6. The number of nitrogens with zero attached hydrogens (tertiary/aromatic N) is 1. The van der Waals surface area contributed by atoms with Gasteiger partial charge in [-0.15, -0.1) is 0 Å². The van der Waals surface area contributed by atoms with Crippen LogP contribution in [0, 0.1) is 6.85 Å². The second-order valence-corrected chi connectivity index (χ2v) is 9.35. The van der Waals surface area contributed by atoms with Crippen LogP contribution in [0.3, 0.4) is 0 Å². The summed E-state index contributed by atoms with van der Waals surface area (Å²) >= 11 is 6.56. The van der Waals surface area contributed by atoms with Crippen molar-refractivity contribution in [2.75, 3.05) is 0 Å². The SMILES string of the molecule is [2H]C([2H])([2H])c1ccccc1-c1cc(-c2cccc3c2oc2c(C4CCCCC4)cccc23)ncc1Cl. The molecule has 33 heavy (non-hydrogen) atoms. The molecule has 2 nitrogen and oxygen atoms in total. The number of halogens is 1. The van der Waals surface area contributed by atoms with Crippen LogP contribution in [0.5, 0.6) is 0 Å². The Morgan fingerprint density at radius 1 is 0.848 bits per heavy atom. The molecule has 6 rings (SSSR count). The number of para-hydroxylation sites is 2. The molecular weight excluding hydrogens is 426 g/mol. The van der Waals surface area contributed by atoms with Crippen molar-refractivity contribution in [3.05, 3.63) is 89.1 Å². The lowest BCUT2D eigenvalue weighted by molar-refractivity contribution is 0.442. The zero-order chi connectivity index (χ0) is 24.9. The molecule has 5 aromatic rings.